The maximum Gasteiger partial charge on any atom is 0.247 e. The average Bonchev–Trinajstić information content (AvgIpc) is 3.60. The van der Waals surface area contributed by atoms with Gasteiger partial charge in [0.1, 0.15) is 11.3 Å². The number of β-amino-alcohol motifs (C(OH)–C–C–N with tert-alkyl or cyclic N) is 1. The minimum atomic E-state index is -0.920. The van der Waals surface area contributed by atoms with Gasteiger partial charge in [-0.25, -0.2) is 0 Å². The van der Waals surface area contributed by atoms with Crippen LogP contribution in [-0.4, -0.2) is 77.5 Å². The molecule has 8 atom stereocenters. The second-order valence-electron chi connectivity index (χ2n) is 17.6. The van der Waals surface area contributed by atoms with Crippen molar-refractivity contribution >= 4 is 17.4 Å². The van der Waals surface area contributed by atoms with E-state index in [9.17, 15) is 19.8 Å². The summed E-state index contributed by atoms with van der Waals surface area (Å²) in [5, 5.41) is 27.1. The lowest BCUT2D eigenvalue weighted by molar-refractivity contribution is -0.177. The van der Waals surface area contributed by atoms with Gasteiger partial charge in [0.25, 0.3) is 0 Å². The molecule has 0 radical (unpaired) electrons. The first kappa shape index (κ1) is 33.4. The zero-order valence-corrected chi connectivity index (χ0v) is 30.4. The molecule has 8 heteroatoms. The number of rotatable bonds is 6. The number of methoxy groups -OCH3 is 1. The summed E-state index contributed by atoms with van der Waals surface area (Å²) in [6.45, 7) is 7.34. The van der Waals surface area contributed by atoms with Crippen molar-refractivity contribution in [2.24, 2.45) is 33.5 Å². The quantitative estimate of drug-likeness (QED) is 0.256. The second kappa shape index (κ2) is 11.3. The van der Waals surface area contributed by atoms with Crippen LogP contribution in [0.25, 0.3) is 0 Å². The highest BCUT2D eigenvalue weighted by atomic mass is 16.5. The fourth-order valence-electron chi connectivity index (χ4n) is 13.0. The number of ketones is 1. The van der Waals surface area contributed by atoms with Crippen molar-refractivity contribution in [2.75, 3.05) is 38.3 Å². The Morgan fingerprint density at radius 2 is 1.59 bits per heavy atom. The fourth-order valence-corrected chi connectivity index (χ4v) is 13.0. The molecule has 3 spiro atoms. The smallest absolute Gasteiger partial charge is 0.247 e. The molecule has 3 N–H and O–H groups in total. The largest absolute Gasteiger partial charge is 0.497 e. The molecule has 2 aromatic carbocycles. The Labute approximate surface area is 301 Å². The summed E-state index contributed by atoms with van der Waals surface area (Å²) in [5.41, 5.74) is -0.197. The number of para-hydroxylation sites is 1. The van der Waals surface area contributed by atoms with E-state index in [2.05, 4.69) is 59.3 Å². The number of fused-ring (bicyclic) bond motifs is 1. The van der Waals surface area contributed by atoms with Gasteiger partial charge in [0.15, 0.2) is 5.78 Å². The van der Waals surface area contributed by atoms with E-state index in [1.807, 2.05) is 42.5 Å². The number of aliphatic hydroxyl groups excluding tert-OH is 1. The number of hydrogen-bond acceptors (Lipinski definition) is 7. The highest BCUT2D eigenvalue weighted by Gasteiger charge is 2.74. The lowest BCUT2D eigenvalue weighted by atomic mass is 9.32. The third-order valence-corrected chi connectivity index (χ3v) is 15.9. The summed E-state index contributed by atoms with van der Waals surface area (Å²) < 4.78 is 5.42. The van der Waals surface area contributed by atoms with E-state index >= 15 is 0 Å². The summed E-state index contributed by atoms with van der Waals surface area (Å²) in [7, 11) is 1.64. The number of likely N-dealkylation sites (tertiary alicyclic amines) is 1. The van der Waals surface area contributed by atoms with Gasteiger partial charge in [-0.1, -0.05) is 50.3 Å². The summed E-state index contributed by atoms with van der Waals surface area (Å²) >= 11 is 0. The van der Waals surface area contributed by atoms with Gasteiger partial charge in [-0.15, -0.1) is 0 Å². The molecule has 2 saturated heterocycles. The summed E-state index contributed by atoms with van der Waals surface area (Å²) in [4.78, 5) is 32.9. The number of amides is 1. The molecule has 2 heterocycles. The molecule has 2 aliphatic heterocycles. The van der Waals surface area contributed by atoms with E-state index in [0.717, 1.165) is 62.2 Å². The van der Waals surface area contributed by atoms with Gasteiger partial charge in [0.2, 0.25) is 5.91 Å². The molecule has 51 heavy (non-hydrogen) atoms. The number of nitrogens with one attached hydrogen (secondary N) is 1. The second-order valence-corrected chi connectivity index (χ2v) is 17.6. The van der Waals surface area contributed by atoms with Gasteiger partial charge in [-0.05, 0) is 111 Å². The maximum atomic E-state index is 14.8. The monoisotopic (exact) mass is 691 g/mol. The molecule has 2 aromatic rings. The Hall–Kier alpha value is -3.46. The van der Waals surface area contributed by atoms with Crippen LogP contribution in [0.5, 0.6) is 5.75 Å². The highest BCUT2D eigenvalue weighted by molar-refractivity contribution is 6.10. The maximum absolute atomic E-state index is 14.8. The molecule has 8 aliphatic rings. The van der Waals surface area contributed by atoms with Crippen LogP contribution in [0.15, 0.2) is 78.4 Å². The van der Waals surface area contributed by atoms with Crippen molar-refractivity contribution in [3.63, 3.8) is 0 Å². The first-order valence-corrected chi connectivity index (χ1v) is 19.3. The van der Waals surface area contributed by atoms with Crippen LogP contribution < -0.4 is 15.0 Å². The van der Waals surface area contributed by atoms with E-state index in [0.29, 0.717) is 44.5 Å². The summed E-state index contributed by atoms with van der Waals surface area (Å²) in [6.07, 6.45) is 13.9. The third kappa shape index (κ3) is 4.36. The van der Waals surface area contributed by atoms with E-state index in [1.165, 1.54) is 0 Å². The SMILES string of the molecule is COc1ccc(C(=O)C2=CC34C=CC25C(CCC2(C)C5CCC2(O)CN2CCC5(CC2)C(=O)NCN5c2ccccc2)C3(C)CCC(O)C4)cc1. The van der Waals surface area contributed by atoms with Crippen molar-refractivity contribution < 1.29 is 24.5 Å². The Balaban J connectivity index is 1.03. The number of anilines is 1. The Kier molecular flexibility index (Phi) is 7.38. The third-order valence-electron chi connectivity index (χ3n) is 15.9. The van der Waals surface area contributed by atoms with Crippen LogP contribution in [0.2, 0.25) is 0 Å². The molecule has 1 amide bonds. The average molecular weight is 692 g/mol. The van der Waals surface area contributed by atoms with Crippen LogP contribution in [-0.2, 0) is 4.79 Å². The highest BCUT2D eigenvalue weighted by Crippen LogP contribution is 2.78. The summed E-state index contributed by atoms with van der Waals surface area (Å²) in [6, 6.07) is 17.7. The minimum absolute atomic E-state index is 0.0623. The molecule has 3 saturated carbocycles. The normalized spacial score (nSPS) is 40.7. The lowest BCUT2D eigenvalue weighted by Crippen LogP contribution is -2.67. The molecule has 0 aromatic heterocycles. The number of nitrogens with zero attached hydrogens (tertiary/aromatic N) is 2. The molecule has 270 valence electrons. The van der Waals surface area contributed by atoms with Crippen molar-refractivity contribution in [2.45, 2.75) is 88.9 Å². The van der Waals surface area contributed by atoms with Crippen LogP contribution in [0.3, 0.4) is 0 Å². The number of aliphatic hydroxyl groups is 2. The zero-order chi connectivity index (χ0) is 35.4. The van der Waals surface area contributed by atoms with Gasteiger partial charge < -0.3 is 30.1 Å². The standard InChI is InChI=1S/C43H53N3O5/c1-38-16-13-31(47)25-40(38)19-20-43(33(26-40)36(48)29-9-11-32(51-3)12-10-29)34(38)14-17-39(2)35(43)15-18-42(39,50)27-45-23-21-41(22-24-45)37(49)44-28-46(41)30-7-5-4-6-8-30/h4-12,19-20,26,31,34-35,47,50H,13-18,21-25,27-28H2,1-3H3,(H,44,49). The number of allylic oxidation sites excluding steroid dienone is 4. The van der Waals surface area contributed by atoms with Gasteiger partial charge in [-0.3, -0.25) is 9.59 Å². The number of hydrogen-bond donors (Lipinski definition) is 3. The topological polar surface area (TPSA) is 102 Å². The predicted octanol–water partition coefficient (Wildman–Crippen LogP) is 5.90. The molecule has 5 fully saturated rings. The first-order chi connectivity index (χ1) is 24.4. The number of benzene rings is 2. The van der Waals surface area contributed by atoms with Crippen LogP contribution in [0, 0.1) is 33.5 Å². The lowest BCUT2D eigenvalue weighted by Gasteiger charge is -2.71. The number of carbonyl (C=O) groups is 2. The number of ether oxygens (including phenoxy) is 1. The molecular formula is C43H53N3O5. The minimum Gasteiger partial charge on any atom is -0.497 e. The summed E-state index contributed by atoms with van der Waals surface area (Å²) in [5.74, 6) is 1.25. The Morgan fingerprint density at radius 3 is 2.31 bits per heavy atom. The number of Topliss-reactive ketones (excluding diaryl/α,β-unsaturated/α-hetero) is 1. The Bertz CT molecular complexity index is 1800. The van der Waals surface area contributed by atoms with Gasteiger partial charge >= 0.3 is 0 Å². The molecule has 8 nitrogen and oxygen atoms in total. The van der Waals surface area contributed by atoms with Crippen molar-refractivity contribution in [3.05, 3.63) is 84.0 Å². The molecular weight excluding hydrogens is 638 g/mol. The van der Waals surface area contributed by atoms with Crippen LogP contribution in [0.1, 0.15) is 82.0 Å². The van der Waals surface area contributed by atoms with Crippen molar-refractivity contribution in [1.82, 2.24) is 10.2 Å². The van der Waals surface area contributed by atoms with E-state index < -0.39 is 22.0 Å². The molecule has 6 aliphatic carbocycles. The van der Waals surface area contributed by atoms with Crippen molar-refractivity contribution in [3.8, 4) is 5.75 Å². The van der Waals surface area contributed by atoms with Gasteiger partial charge in [0, 0.05) is 52.7 Å². The fraction of sp³-hybridized carbons (Fsp3) is 0.581. The van der Waals surface area contributed by atoms with E-state index in [-0.39, 0.29) is 40.5 Å². The zero-order valence-electron chi connectivity index (χ0n) is 30.4. The van der Waals surface area contributed by atoms with Gasteiger partial charge in [-0.2, -0.15) is 0 Å². The molecule has 2 bridgehead atoms. The molecule has 8 unspecified atom stereocenters. The van der Waals surface area contributed by atoms with E-state index in [1.54, 1.807) is 7.11 Å². The van der Waals surface area contributed by atoms with Crippen LogP contribution in [0.4, 0.5) is 5.69 Å². The first-order valence-electron chi connectivity index (χ1n) is 19.3. The number of piperidine rings is 1. The predicted molar refractivity (Wildman–Crippen MR) is 196 cm³/mol. The number of carbonyl (C=O) groups excluding carboxylic acids is 2. The van der Waals surface area contributed by atoms with Crippen LogP contribution >= 0.6 is 0 Å². The van der Waals surface area contributed by atoms with Crippen molar-refractivity contribution in [1.29, 1.82) is 0 Å². The molecule has 10 rings (SSSR count). The van der Waals surface area contributed by atoms with E-state index in [4.69, 9.17) is 4.74 Å². The van der Waals surface area contributed by atoms with Gasteiger partial charge in [0.05, 0.1) is 25.5 Å². The Morgan fingerprint density at radius 1 is 0.902 bits per heavy atom.